The zero-order valence-electron chi connectivity index (χ0n) is 36.8. The molecule has 0 amide bonds. The summed E-state index contributed by atoms with van der Waals surface area (Å²) in [4.78, 5) is 1.37. The molecule has 7 aromatic rings. The van der Waals surface area contributed by atoms with Crippen LogP contribution in [0.5, 0.6) is 0 Å². The van der Waals surface area contributed by atoms with Gasteiger partial charge in [-0.2, -0.15) is 0 Å². The van der Waals surface area contributed by atoms with E-state index in [0.717, 1.165) is 38.5 Å². The molecular formula is C63H52S. The molecule has 3 atom stereocenters. The molecule has 64 heavy (non-hydrogen) atoms. The summed E-state index contributed by atoms with van der Waals surface area (Å²) in [5.74, 6) is 1.05. The number of hydrogen-bond donors (Lipinski definition) is 0. The minimum absolute atomic E-state index is 0.263. The van der Waals surface area contributed by atoms with Crippen LogP contribution in [0.2, 0.25) is 0 Å². The summed E-state index contributed by atoms with van der Waals surface area (Å²) in [6.07, 6.45) is 37.1. The van der Waals surface area contributed by atoms with E-state index in [-0.39, 0.29) is 5.92 Å². The van der Waals surface area contributed by atoms with Gasteiger partial charge in [0.25, 0.3) is 0 Å². The van der Waals surface area contributed by atoms with Crippen molar-refractivity contribution in [2.45, 2.75) is 62.2 Å². The quantitative estimate of drug-likeness (QED) is 0.108. The lowest BCUT2D eigenvalue weighted by Crippen LogP contribution is -2.13. The number of benzene rings is 7. The minimum Gasteiger partial charge on any atom is -0.129 e. The topological polar surface area (TPSA) is 0 Å². The van der Waals surface area contributed by atoms with Gasteiger partial charge in [0.1, 0.15) is 0 Å². The highest BCUT2D eigenvalue weighted by Gasteiger charge is 2.29. The summed E-state index contributed by atoms with van der Waals surface area (Å²) in [5, 5.41) is 8.15. The van der Waals surface area contributed by atoms with E-state index in [0.29, 0.717) is 11.8 Å². The monoisotopic (exact) mass is 840 g/mol. The van der Waals surface area contributed by atoms with Crippen molar-refractivity contribution in [2.75, 3.05) is 6.26 Å². The predicted molar refractivity (Wildman–Crippen MR) is 278 cm³/mol. The Hall–Kier alpha value is -6.41. The van der Waals surface area contributed by atoms with Crippen LogP contribution in [-0.4, -0.2) is 6.26 Å². The first-order valence-electron chi connectivity index (χ1n) is 23.5. The van der Waals surface area contributed by atoms with Gasteiger partial charge in [-0.1, -0.05) is 183 Å². The highest BCUT2D eigenvalue weighted by atomic mass is 32.2. The number of fused-ring (bicyclic) bond motifs is 5. The number of thioether (sulfide) groups is 1. The molecule has 0 aromatic heterocycles. The Morgan fingerprint density at radius 2 is 1.27 bits per heavy atom. The third-order valence-electron chi connectivity index (χ3n) is 14.9. The molecule has 12 rings (SSSR count). The van der Waals surface area contributed by atoms with Crippen molar-refractivity contribution in [1.29, 1.82) is 0 Å². The maximum absolute atomic E-state index is 2.63. The first-order chi connectivity index (χ1) is 31.7. The molecule has 0 spiro atoms. The van der Waals surface area contributed by atoms with Crippen LogP contribution in [0.4, 0.5) is 0 Å². The Morgan fingerprint density at radius 3 is 2.00 bits per heavy atom. The van der Waals surface area contributed by atoms with Crippen LogP contribution in [0, 0.1) is 5.92 Å². The molecule has 5 aliphatic rings. The van der Waals surface area contributed by atoms with Gasteiger partial charge >= 0.3 is 0 Å². The molecule has 0 aliphatic heterocycles. The number of hydrogen-bond acceptors (Lipinski definition) is 1. The van der Waals surface area contributed by atoms with E-state index in [2.05, 4.69) is 201 Å². The maximum Gasteiger partial charge on any atom is 0.0114 e. The SMILES string of the molecule is CCC1C=C(c2ccc3c4c(cccc24)-c2ccccc2-3)C=CC1c1cc2c(C3=CC=C(C4=CC=CCC4)CC3)c3ccccc3c(-c3ccc(C4C=CC=CC4)cc3)c2cc1SC. The minimum atomic E-state index is 0.263. The van der Waals surface area contributed by atoms with E-state index in [1.165, 1.54) is 115 Å². The number of rotatable bonds is 8. The lowest BCUT2D eigenvalue weighted by molar-refractivity contribution is 0.556. The van der Waals surface area contributed by atoms with E-state index >= 15 is 0 Å². The van der Waals surface area contributed by atoms with E-state index in [4.69, 9.17) is 0 Å². The van der Waals surface area contributed by atoms with Crippen molar-refractivity contribution in [1.82, 2.24) is 0 Å². The van der Waals surface area contributed by atoms with Gasteiger partial charge in [-0.15, -0.1) is 11.8 Å². The Morgan fingerprint density at radius 1 is 0.562 bits per heavy atom. The van der Waals surface area contributed by atoms with E-state index < -0.39 is 0 Å². The van der Waals surface area contributed by atoms with Crippen LogP contribution in [0.15, 0.2) is 204 Å². The van der Waals surface area contributed by atoms with Crippen molar-refractivity contribution < 1.29 is 0 Å². The first-order valence-corrected chi connectivity index (χ1v) is 24.7. The Balaban J connectivity index is 1.02. The van der Waals surface area contributed by atoms with Gasteiger partial charge in [0.2, 0.25) is 0 Å². The molecule has 0 saturated carbocycles. The largest absolute Gasteiger partial charge is 0.129 e. The summed E-state index contributed by atoms with van der Waals surface area (Å²) < 4.78 is 0. The van der Waals surface area contributed by atoms with Gasteiger partial charge in [-0.3, -0.25) is 0 Å². The van der Waals surface area contributed by atoms with Crippen LogP contribution in [-0.2, 0) is 0 Å². The summed E-state index contributed by atoms with van der Waals surface area (Å²) in [5.41, 5.74) is 19.4. The van der Waals surface area contributed by atoms with Crippen molar-refractivity contribution in [3.8, 4) is 33.4 Å². The average molecular weight is 841 g/mol. The Kier molecular flexibility index (Phi) is 9.98. The fraction of sp³-hybridized carbons (Fsp3) is 0.175. The Bertz CT molecular complexity index is 3290. The lowest BCUT2D eigenvalue weighted by Gasteiger charge is -2.29. The summed E-state index contributed by atoms with van der Waals surface area (Å²) in [6, 6.07) is 44.5. The lowest BCUT2D eigenvalue weighted by atomic mass is 9.76. The molecule has 0 fully saturated rings. The van der Waals surface area contributed by atoms with Gasteiger partial charge in [-0.05, 0) is 173 Å². The molecule has 0 nitrogen and oxygen atoms in total. The summed E-state index contributed by atoms with van der Waals surface area (Å²) >= 11 is 1.90. The molecule has 310 valence electrons. The molecule has 0 heterocycles. The van der Waals surface area contributed by atoms with Gasteiger partial charge in [0.05, 0.1) is 0 Å². The van der Waals surface area contributed by atoms with E-state index in [1.54, 1.807) is 0 Å². The standard InChI is InChI=1S/C63H52S/c1-3-40-37-47(49-35-36-56-51-20-11-10-19-50(51)53-24-14-23-52(49)63(53)56)33-34-48(40)57-38-58-59(39-60(57)64-2)62(46-31-27-44(28-32-46)42-17-8-5-9-18-42)55-22-13-12-21-54(55)61(58)45-29-25-43(26-30-45)41-15-6-4-7-16-41/h4-6,8-15,17,19-25,27-29,31-40,42,48H,3,7,16,18,26,30H2,1-2H3. The third-order valence-corrected chi connectivity index (χ3v) is 15.7. The predicted octanol–water partition coefficient (Wildman–Crippen LogP) is 17.9. The highest BCUT2D eigenvalue weighted by Crippen LogP contribution is 2.51. The zero-order chi connectivity index (χ0) is 42.7. The van der Waals surface area contributed by atoms with E-state index in [1.807, 2.05) is 11.8 Å². The molecule has 3 unspecified atom stereocenters. The van der Waals surface area contributed by atoms with Crippen molar-refractivity contribution >= 4 is 55.2 Å². The first kappa shape index (κ1) is 39.2. The molecule has 0 radical (unpaired) electrons. The third kappa shape index (κ3) is 6.50. The van der Waals surface area contributed by atoms with Crippen molar-refractivity contribution in [2.24, 2.45) is 5.92 Å². The molecule has 7 aromatic carbocycles. The second kappa shape index (κ2) is 16.3. The van der Waals surface area contributed by atoms with Crippen LogP contribution >= 0.6 is 11.8 Å². The molecule has 0 bridgehead atoms. The maximum atomic E-state index is 2.63. The van der Waals surface area contributed by atoms with Crippen LogP contribution in [0.25, 0.3) is 76.8 Å². The van der Waals surface area contributed by atoms with Crippen molar-refractivity contribution in [3.63, 3.8) is 0 Å². The van der Waals surface area contributed by atoms with Crippen LogP contribution in [0.1, 0.15) is 79.5 Å². The average Bonchev–Trinajstić information content (AvgIpc) is 3.70. The highest BCUT2D eigenvalue weighted by molar-refractivity contribution is 7.98. The number of allylic oxidation sites excluding steroid dienone is 16. The summed E-state index contributed by atoms with van der Waals surface area (Å²) in [7, 11) is 0. The fourth-order valence-electron chi connectivity index (χ4n) is 11.7. The smallest absolute Gasteiger partial charge is 0.0114 e. The second-order valence-electron chi connectivity index (χ2n) is 18.3. The van der Waals surface area contributed by atoms with Gasteiger partial charge in [-0.25, -0.2) is 0 Å². The normalized spacial score (nSPS) is 19.8. The van der Waals surface area contributed by atoms with Gasteiger partial charge < -0.3 is 0 Å². The summed E-state index contributed by atoms with van der Waals surface area (Å²) in [6.45, 7) is 2.38. The van der Waals surface area contributed by atoms with Crippen LogP contribution in [0.3, 0.4) is 0 Å². The molecule has 1 heteroatoms. The van der Waals surface area contributed by atoms with Crippen molar-refractivity contribution in [3.05, 3.63) is 222 Å². The Labute approximate surface area is 382 Å². The fourth-order valence-corrected chi connectivity index (χ4v) is 12.4. The van der Waals surface area contributed by atoms with E-state index in [9.17, 15) is 0 Å². The van der Waals surface area contributed by atoms with Gasteiger partial charge in [0, 0.05) is 16.7 Å². The molecule has 0 saturated heterocycles. The molecule has 5 aliphatic carbocycles. The molecule has 0 N–H and O–H groups in total. The van der Waals surface area contributed by atoms with Gasteiger partial charge in [0.15, 0.2) is 0 Å². The zero-order valence-corrected chi connectivity index (χ0v) is 37.6. The molecular weight excluding hydrogens is 789 g/mol. The van der Waals surface area contributed by atoms with Crippen LogP contribution < -0.4 is 0 Å². The second-order valence-corrected chi connectivity index (χ2v) is 19.1.